The van der Waals surface area contributed by atoms with Crippen LogP contribution in [-0.2, 0) is 4.74 Å². The largest absolute Gasteiger partial charge is 0.507 e. The number of rotatable bonds is 3. The molecule has 5 nitrogen and oxygen atoms in total. The molecule has 0 aliphatic heterocycles. The number of benzene rings is 3. The van der Waals surface area contributed by atoms with Crippen molar-refractivity contribution in [3.8, 4) is 35.2 Å². The number of amides is 1. The van der Waals surface area contributed by atoms with Crippen LogP contribution in [0.1, 0.15) is 49.9 Å². The van der Waals surface area contributed by atoms with Crippen LogP contribution in [0.2, 0.25) is 5.02 Å². The molecule has 0 saturated carbocycles. The Bertz CT molecular complexity index is 1370. The molecule has 0 saturated heterocycles. The molecule has 1 amide bonds. The Morgan fingerprint density at radius 2 is 1.67 bits per heavy atom. The number of hydrogen-bond acceptors (Lipinski definition) is 4. The van der Waals surface area contributed by atoms with E-state index in [2.05, 4.69) is 29.0 Å². The molecule has 0 unspecified atom stereocenters. The van der Waals surface area contributed by atoms with E-state index in [0.29, 0.717) is 27.6 Å². The number of ether oxygens (including phenoxy) is 2. The van der Waals surface area contributed by atoms with Gasteiger partial charge < -0.3 is 14.6 Å². The van der Waals surface area contributed by atoms with Gasteiger partial charge in [0.15, 0.2) is 6.10 Å². The smallest absolute Gasteiger partial charge is 0.412 e. The van der Waals surface area contributed by atoms with Crippen molar-refractivity contribution in [3.05, 3.63) is 87.9 Å². The minimum Gasteiger partial charge on any atom is -0.507 e. The normalized spacial score (nSPS) is 11.3. The van der Waals surface area contributed by atoms with Crippen molar-refractivity contribution in [1.29, 1.82) is 0 Å². The second-order valence-corrected chi connectivity index (χ2v) is 9.58. The average Bonchev–Trinajstić information content (AvgIpc) is 2.79. The molecule has 36 heavy (non-hydrogen) atoms. The van der Waals surface area contributed by atoms with Crippen molar-refractivity contribution >= 4 is 23.4 Å². The summed E-state index contributed by atoms with van der Waals surface area (Å²) >= 11 is 6.19. The lowest BCUT2D eigenvalue weighted by Crippen LogP contribution is -2.27. The molecular formula is C30H28ClNO4. The van der Waals surface area contributed by atoms with Gasteiger partial charge in [0.25, 0.3) is 0 Å². The quantitative estimate of drug-likeness (QED) is 0.302. The van der Waals surface area contributed by atoms with E-state index in [4.69, 9.17) is 21.1 Å². The average molecular weight is 502 g/mol. The molecule has 6 heteroatoms. The molecule has 1 atom stereocenters. The summed E-state index contributed by atoms with van der Waals surface area (Å²) in [6.45, 7) is 9.21. The number of phenolic OH excluding ortho intramolecular Hbond substituents is 1. The molecule has 0 bridgehead atoms. The molecule has 3 aromatic carbocycles. The molecule has 3 aromatic rings. The topological polar surface area (TPSA) is 67.8 Å². The maximum Gasteiger partial charge on any atom is 0.412 e. The highest BCUT2D eigenvalue weighted by Gasteiger charge is 2.16. The summed E-state index contributed by atoms with van der Waals surface area (Å²) in [4.78, 5) is 12.1. The molecule has 0 aliphatic carbocycles. The van der Waals surface area contributed by atoms with Crippen LogP contribution < -0.4 is 10.1 Å². The highest BCUT2D eigenvalue weighted by Crippen LogP contribution is 2.25. The third kappa shape index (κ3) is 8.31. The first-order chi connectivity index (χ1) is 17.0. The Balaban J connectivity index is 1.80. The van der Waals surface area contributed by atoms with Crippen molar-refractivity contribution < 1.29 is 19.4 Å². The predicted octanol–water partition coefficient (Wildman–Crippen LogP) is 6.92. The highest BCUT2D eigenvalue weighted by molar-refractivity contribution is 6.30. The maximum atomic E-state index is 12.1. The van der Waals surface area contributed by atoms with Crippen molar-refractivity contribution in [2.24, 2.45) is 0 Å². The molecular weight excluding hydrogens is 474 g/mol. The monoisotopic (exact) mass is 501 g/mol. The van der Waals surface area contributed by atoms with Crippen LogP contribution in [0.3, 0.4) is 0 Å². The van der Waals surface area contributed by atoms with Gasteiger partial charge in [-0.05, 0) is 83.1 Å². The highest BCUT2D eigenvalue weighted by atomic mass is 35.5. The molecule has 2 N–H and O–H groups in total. The molecule has 0 spiro atoms. The van der Waals surface area contributed by atoms with Gasteiger partial charge in [0.2, 0.25) is 0 Å². The van der Waals surface area contributed by atoms with Gasteiger partial charge in [-0.15, -0.1) is 0 Å². The van der Waals surface area contributed by atoms with Gasteiger partial charge in [-0.25, -0.2) is 4.79 Å². The van der Waals surface area contributed by atoms with Crippen molar-refractivity contribution in [3.63, 3.8) is 0 Å². The summed E-state index contributed by atoms with van der Waals surface area (Å²) in [5.74, 6) is 12.6. The first-order valence-electron chi connectivity index (χ1n) is 11.4. The van der Waals surface area contributed by atoms with Crippen LogP contribution >= 0.6 is 11.6 Å². The molecule has 0 fully saturated rings. The Morgan fingerprint density at radius 3 is 2.36 bits per heavy atom. The van der Waals surface area contributed by atoms with Gasteiger partial charge in [-0.1, -0.05) is 53.0 Å². The van der Waals surface area contributed by atoms with Crippen LogP contribution in [-0.4, -0.2) is 22.9 Å². The summed E-state index contributed by atoms with van der Waals surface area (Å²) in [7, 11) is 0. The van der Waals surface area contributed by atoms with E-state index in [-0.39, 0.29) is 5.75 Å². The second-order valence-electron chi connectivity index (χ2n) is 9.14. The zero-order valence-electron chi connectivity index (χ0n) is 20.9. The molecule has 0 aliphatic rings. The fourth-order valence-corrected chi connectivity index (χ4v) is 3.19. The van der Waals surface area contributed by atoms with E-state index >= 15 is 0 Å². The fourth-order valence-electron chi connectivity index (χ4n) is 3.01. The van der Waals surface area contributed by atoms with E-state index in [0.717, 1.165) is 5.56 Å². The SMILES string of the molecule is Cc1ccc(C#C[C@@H](C)Oc2ccc(Cl)cc2C#Cc2cc(NC(=O)OC(C)(C)C)ccc2O)cc1. The summed E-state index contributed by atoms with van der Waals surface area (Å²) < 4.78 is 11.3. The van der Waals surface area contributed by atoms with Crippen LogP contribution in [0.25, 0.3) is 0 Å². The molecule has 3 rings (SSSR count). The number of carbonyl (C=O) groups is 1. The van der Waals surface area contributed by atoms with Gasteiger partial charge in [0.05, 0.1) is 11.1 Å². The van der Waals surface area contributed by atoms with Gasteiger partial charge in [-0.2, -0.15) is 0 Å². The number of halogens is 1. The van der Waals surface area contributed by atoms with Crippen LogP contribution in [0.15, 0.2) is 60.7 Å². The molecule has 0 radical (unpaired) electrons. The number of anilines is 1. The Labute approximate surface area is 217 Å². The number of nitrogens with one attached hydrogen (secondary N) is 1. The van der Waals surface area contributed by atoms with Gasteiger partial charge in [0.1, 0.15) is 17.1 Å². The first kappa shape index (κ1) is 26.5. The zero-order valence-corrected chi connectivity index (χ0v) is 21.7. The van der Waals surface area contributed by atoms with Crippen molar-refractivity contribution in [1.82, 2.24) is 0 Å². The lowest BCUT2D eigenvalue weighted by molar-refractivity contribution is 0.0636. The minimum absolute atomic E-state index is 0.0286. The molecule has 184 valence electrons. The third-order valence-electron chi connectivity index (χ3n) is 4.69. The van der Waals surface area contributed by atoms with Crippen LogP contribution in [0, 0.1) is 30.6 Å². The first-order valence-corrected chi connectivity index (χ1v) is 11.8. The standard InChI is InChI=1S/C30H28ClNO4/c1-20-6-9-22(10-7-20)11-8-21(2)35-28-17-14-25(31)18-24(28)13-12-23-19-26(15-16-27(23)33)32-29(34)36-30(3,4)5/h6-7,9-10,14-19,21,33H,1-5H3,(H,32,34)/t21-/m1/s1. The van der Waals surface area contributed by atoms with Gasteiger partial charge in [-0.3, -0.25) is 5.32 Å². The van der Waals surface area contributed by atoms with Gasteiger partial charge >= 0.3 is 6.09 Å². The lowest BCUT2D eigenvalue weighted by Gasteiger charge is -2.19. The van der Waals surface area contributed by atoms with E-state index in [1.165, 1.54) is 11.6 Å². The van der Waals surface area contributed by atoms with Crippen LogP contribution in [0.5, 0.6) is 11.5 Å². The molecule has 0 heterocycles. The summed E-state index contributed by atoms with van der Waals surface area (Å²) in [6, 6.07) is 17.7. The summed E-state index contributed by atoms with van der Waals surface area (Å²) in [6.07, 6.45) is -0.999. The van der Waals surface area contributed by atoms with E-state index in [1.807, 2.05) is 38.1 Å². The van der Waals surface area contributed by atoms with E-state index in [9.17, 15) is 9.90 Å². The van der Waals surface area contributed by atoms with E-state index in [1.54, 1.807) is 51.1 Å². The van der Waals surface area contributed by atoms with E-state index < -0.39 is 17.8 Å². The summed E-state index contributed by atoms with van der Waals surface area (Å²) in [5, 5.41) is 13.4. The predicted molar refractivity (Wildman–Crippen MR) is 144 cm³/mol. The number of aromatic hydroxyl groups is 1. The van der Waals surface area contributed by atoms with Crippen molar-refractivity contribution in [2.45, 2.75) is 46.3 Å². The van der Waals surface area contributed by atoms with Crippen LogP contribution in [0.4, 0.5) is 10.5 Å². The number of carbonyl (C=O) groups excluding carboxylic acids is 1. The number of phenols is 1. The Hall–Kier alpha value is -4.06. The van der Waals surface area contributed by atoms with Gasteiger partial charge in [0, 0.05) is 16.3 Å². The number of hydrogen-bond donors (Lipinski definition) is 2. The lowest BCUT2D eigenvalue weighted by atomic mass is 10.1. The molecule has 0 aromatic heterocycles. The minimum atomic E-state index is -0.631. The third-order valence-corrected chi connectivity index (χ3v) is 4.93. The fraction of sp³-hybridized carbons (Fsp3) is 0.233. The Kier molecular flexibility index (Phi) is 8.54. The maximum absolute atomic E-state index is 12.1. The second kappa shape index (κ2) is 11.6. The zero-order chi connectivity index (χ0) is 26.3. The van der Waals surface area contributed by atoms with Crippen molar-refractivity contribution in [2.75, 3.05) is 5.32 Å². The Morgan fingerprint density at radius 1 is 0.972 bits per heavy atom. The summed E-state index contributed by atoms with van der Waals surface area (Å²) in [5.41, 5.74) is 2.75. The number of aryl methyl sites for hydroxylation is 1.